The van der Waals surface area contributed by atoms with E-state index in [0.717, 1.165) is 25.8 Å². The maximum atomic E-state index is 11.0. The normalized spacial score (nSPS) is 30.8. The molecule has 6 heteroatoms. The number of rotatable bonds is 2. The quantitative estimate of drug-likeness (QED) is 0.833. The van der Waals surface area contributed by atoms with E-state index in [4.69, 9.17) is 9.84 Å². The van der Waals surface area contributed by atoms with E-state index < -0.39 is 5.97 Å². The first-order chi connectivity index (χ1) is 8.65. The Labute approximate surface area is 105 Å². The van der Waals surface area contributed by atoms with E-state index in [1.54, 1.807) is 6.20 Å². The second-order valence-electron chi connectivity index (χ2n) is 5.01. The first-order valence-corrected chi connectivity index (χ1v) is 6.36. The molecule has 0 aromatic carbocycles. The van der Waals surface area contributed by atoms with E-state index in [-0.39, 0.29) is 17.8 Å². The van der Waals surface area contributed by atoms with Crippen molar-refractivity contribution < 1.29 is 14.6 Å². The highest BCUT2D eigenvalue weighted by molar-refractivity contribution is 5.85. The SMILES string of the molecule is CC1CCC(C2CCNc3nc(C(=O)O)cn32)O1. The first-order valence-electron chi connectivity index (χ1n) is 6.36. The summed E-state index contributed by atoms with van der Waals surface area (Å²) in [7, 11) is 0. The molecule has 18 heavy (non-hydrogen) atoms. The molecule has 3 rings (SSSR count). The molecular formula is C12H17N3O3. The second kappa shape index (κ2) is 4.28. The van der Waals surface area contributed by atoms with Crippen LogP contribution in [0.15, 0.2) is 6.20 Å². The number of hydrogen-bond acceptors (Lipinski definition) is 4. The van der Waals surface area contributed by atoms with E-state index in [1.807, 2.05) is 4.57 Å². The van der Waals surface area contributed by atoms with Crippen LogP contribution in [0.3, 0.4) is 0 Å². The fourth-order valence-electron chi connectivity index (χ4n) is 2.83. The van der Waals surface area contributed by atoms with Crippen molar-refractivity contribution in [2.75, 3.05) is 11.9 Å². The molecule has 0 saturated carbocycles. The van der Waals surface area contributed by atoms with Gasteiger partial charge in [0.1, 0.15) is 0 Å². The highest BCUT2D eigenvalue weighted by Crippen LogP contribution is 2.34. The molecule has 0 amide bonds. The molecule has 6 nitrogen and oxygen atoms in total. The maximum Gasteiger partial charge on any atom is 0.356 e. The Morgan fingerprint density at radius 3 is 3.06 bits per heavy atom. The van der Waals surface area contributed by atoms with Gasteiger partial charge >= 0.3 is 5.97 Å². The van der Waals surface area contributed by atoms with Crippen LogP contribution in [-0.4, -0.2) is 39.4 Å². The topological polar surface area (TPSA) is 76.4 Å². The van der Waals surface area contributed by atoms with Crippen LogP contribution in [0.2, 0.25) is 0 Å². The van der Waals surface area contributed by atoms with Crippen molar-refractivity contribution in [2.45, 2.75) is 44.4 Å². The van der Waals surface area contributed by atoms with Crippen LogP contribution < -0.4 is 5.32 Å². The average molecular weight is 251 g/mol. The van der Waals surface area contributed by atoms with Gasteiger partial charge in [0.05, 0.1) is 18.2 Å². The largest absolute Gasteiger partial charge is 0.476 e. The van der Waals surface area contributed by atoms with Crippen LogP contribution >= 0.6 is 0 Å². The number of carboxylic acid groups (broad SMARTS) is 1. The lowest BCUT2D eigenvalue weighted by Gasteiger charge is -2.30. The Balaban J connectivity index is 1.89. The standard InChI is InChI=1S/C12H17N3O3/c1-7-2-3-10(18-7)9-4-5-13-12-14-8(11(16)17)6-15(9)12/h6-7,9-10H,2-5H2,1H3,(H,13,14)(H,16,17). The molecule has 2 N–H and O–H groups in total. The number of aromatic nitrogens is 2. The van der Waals surface area contributed by atoms with Gasteiger partial charge in [-0.05, 0) is 26.2 Å². The summed E-state index contributed by atoms with van der Waals surface area (Å²) in [6.07, 6.45) is 5.14. The molecule has 1 fully saturated rings. The Hall–Kier alpha value is -1.56. The number of nitrogens with zero attached hydrogens (tertiary/aromatic N) is 2. The van der Waals surface area contributed by atoms with Crippen molar-refractivity contribution in [3.8, 4) is 0 Å². The highest BCUT2D eigenvalue weighted by atomic mass is 16.5. The number of anilines is 1. The number of nitrogens with one attached hydrogen (secondary N) is 1. The number of ether oxygens (including phenoxy) is 1. The van der Waals surface area contributed by atoms with Gasteiger partial charge in [-0.1, -0.05) is 0 Å². The number of imidazole rings is 1. The van der Waals surface area contributed by atoms with Gasteiger partial charge < -0.3 is 19.7 Å². The average Bonchev–Trinajstić information content (AvgIpc) is 2.94. The molecule has 0 spiro atoms. The lowest BCUT2D eigenvalue weighted by Crippen LogP contribution is -2.31. The summed E-state index contributed by atoms with van der Waals surface area (Å²) >= 11 is 0. The van der Waals surface area contributed by atoms with Gasteiger partial charge in [-0.15, -0.1) is 0 Å². The summed E-state index contributed by atoms with van der Waals surface area (Å²) in [5, 5.41) is 12.1. The highest BCUT2D eigenvalue weighted by Gasteiger charge is 2.34. The molecule has 1 aromatic rings. The van der Waals surface area contributed by atoms with Crippen molar-refractivity contribution in [3.05, 3.63) is 11.9 Å². The Morgan fingerprint density at radius 2 is 2.39 bits per heavy atom. The number of carboxylic acids is 1. The maximum absolute atomic E-state index is 11.0. The van der Waals surface area contributed by atoms with E-state index in [2.05, 4.69) is 17.2 Å². The minimum Gasteiger partial charge on any atom is -0.476 e. The van der Waals surface area contributed by atoms with Crippen LogP contribution in [-0.2, 0) is 4.74 Å². The van der Waals surface area contributed by atoms with Crippen LogP contribution in [0.1, 0.15) is 42.7 Å². The fraction of sp³-hybridized carbons (Fsp3) is 0.667. The Kier molecular flexibility index (Phi) is 2.74. The molecule has 3 atom stereocenters. The van der Waals surface area contributed by atoms with Gasteiger partial charge in [0.15, 0.2) is 5.69 Å². The minimum atomic E-state index is -0.988. The third-order valence-electron chi connectivity index (χ3n) is 3.73. The van der Waals surface area contributed by atoms with Crippen molar-refractivity contribution in [3.63, 3.8) is 0 Å². The van der Waals surface area contributed by atoms with E-state index in [9.17, 15) is 4.79 Å². The van der Waals surface area contributed by atoms with Gasteiger partial charge in [-0.25, -0.2) is 9.78 Å². The van der Waals surface area contributed by atoms with Gasteiger partial charge in [0.2, 0.25) is 5.95 Å². The lowest BCUT2D eigenvalue weighted by atomic mass is 10.0. The van der Waals surface area contributed by atoms with Crippen molar-refractivity contribution in [2.24, 2.45) is 0 Å². The molecule has 1 saturated heterocycles. The molecule has 0 bridgehead atoms. The number of hydrogen-bond donors (Lipinski definition) is 2. The Bertz CT molecular complexity index is 471. The van der Waals surface area contributed by atoms with Gasteiger partial charge in [-0.3, -0.25) is 0 Å². The third kappa shape index (κ3) is 1.86. The fourth-order valence-corrected chi connectivity index (χ4v) is 2.83. The molecule has 0 radical (unpaired) electrons. The summed E-state index contributed by atoms with van der Waals surface area (Å²) in [6.45, 7) is 2.90. The lowest BCUT2D eigenvalue weighted by molar-refractivity contribution is 0.0205. The van der Waals surface area contributed by atoms with Crippen LogP contribution in [0, 0.1) is 0 Å². The summed E-state index contributed by atoms with van der Waals surface area (Å²) in [4.78, 5) is 15.1. The van der Waals surface area contributed by atoms with E-state index >= 15 is 0 Å². The van der Waals surface area contributed by atoms with Crippen molar-refractivity contribution in [1.82, 2.24) is 9.55 Å². The predicted octanol–water partition coefficient (Wildman–Crippen LogP) is 1.51. The van der Waals surface area contributed by atoms with Gasteiger partial charge in [0.25, 0.3) is 0 Å². The third-order valence-corrected chi connectivity index (χ3v) is 3.73. The van der Waals surface area contributed by atoms with Gasteiger partial charge in [-0.2, -0.15) is 0 Å². The minimum absolute atomic E-state index is 0.0930. The van der Waals surface area contributed by atoms with E-state index in [1.165, 1.54) is 0 Å². The molecule has 0 aliphatic carbocycles. The first kappa shape index (κ1) is 11.5. The zero-order valence-electron chi connectivity index (χ0n) is 10.3. The summed E-state index contributed by atoms with van der Waals surface area (Å²) < 4.78 is 7.83. The monoisotopic (exact) mass is 251 g/mol. The number of aromatic carboxylic acids is 1. The molecule has 98 valence electrons. The Morgan fingerprint density at radius 1 is 1.56 bits per heavy atom. The predicted molar refractivity (Wildman–Crippen MR) is 64.9 cm³/mol. The molecule has 3 heterocycles. The zero-order valence-corrected chi connectivity index (χ0v) is 10.3. The van der Waals surface area contributed by atoms with E-state index in [0.29, 0.717) is 12.1 Å². The number of carbonyl (C=O) groups is 1. The molecule has 2 aliphatic heterocycles. The zero-order chi connectivity index (χ0) is 12.7. The van der Waals surface area contributed by atoms with Crippen LogP contribution in [0.4, 0.5) is 5.95 Å². The second-order valence-corrected chi connectivity index (χ2v) is 5.01. The molecule has 1 aromatic heterocycles. The van der Waals surface area contributed by atoms with Crippen molar-refractivity contribution in [1.29, 1.82) is 0 Å². The molecule has 3 unspecified atom stereocenters. The summed E-state index contributed by atoms with van der Waals surface area (Å²) in [5.41, 5.74) is 0.0930. The molecule has 2 aliphatic rings. The van der Waals surface area contributed by atoms with Crippen LogP contribution in [0.5, 0.6) is 0 Å². The smallest absolute Gasteiger partial charge is 0.356 e. The van der Waals surface area contributed by atoms with Crippen molar-refractivity contribution >= 4 is 11.9 Å². The van der Waals surface area contributed by atoms with Crippen LogP contribution in [0.25, 0.3) is 0 Å². The molecular weight excluding hydrogens is 234 g/mol. The number of fused-ring (bicyclic) bond motifs is 1. The summed E-state index contributed by atoms with van der Waals surface area (Å²) in [6, 6.07) is 0.201. The van der Waals surface area contributed by atoms with Gasteiger partial charge in [0, 0.05) is 12.7 Å². The summed E-state index contributed by atoms with van der Waals surface area (Å²) in [5.74, 6) is -0.343.